The normalized spacial score (nSPS) is 12.1. The summed E-state index contributed by atoms with van der Waals surface area (Å²) in [5, 5.41) is 13.2. The fourth-order valence-electron chi connectivity index (χ4n) is 7.00. The lowest BCUT2D eigenvalue weighted by Gasteiger charge is -2.12. The van der Waals surface area contributed by atoms with E-state index in [2.05, 4.69) is 98.8 Å². The van der Waals surface area contributed by atoms with Crippen molar-refractivity contribution >= 4 is 65.0 Å². The Morgan fingerprint density at radius 2 is 0.829 bits per heavy atom. The second kappa shape index (κ2) is 11.2. The van der Waals surface area contributed by atoms with Gasteiger partial charge in [0, 0.05) is 10.8 Å². The van der Waals surface area contributed by atoms with Crippen molar-refractivity contribution < 1.29 is 4.42 Å². The molecule has 0 spiro atoms. The third-order valence-corrected chi connectivity index (χ3v) is 9.18. The van der Waals surface area contributed by atoms with E-state index in [0.29, 0.717) is 0 Å². The highest BCUT2D eigenvalue weighted by atomic mass is 16.3. The Morgan fingerprint density at radius 1 is 0.439 bits per heavy atom. The highest BCUT2D eigenvalue weighted by Gasteiger charge is 2.19. The van der Waals surface area contributed by atoms with Crippen molar-refractivity contribution in [2.24, 2.45) is 0 Å². The summed E-state index contributed by atoms with van der Waals surface area (Å²) in [6.07, 6.45) is 12.3. The number of unbranched alkanes of at least 4 members (excludes halogenated alkanes) is 6. The number of rotatable bonds is 10. The first-order valence-electron chi connectivity index (χ1n) is 15.9. The second-order valence-corrected chi connectivity index (χ2v) is 12.0. The van der Waals surface area contributed by atoms with Crippen molar-refractivity contribution in [2.45, 2.75) is 78.1 Å². The predicted molar refractivity (Wildman–Crippen MR) is 179 cm³/mol. The Bertz CT molecular complexity index is 1880. The first-order chi connectivity index (χ1) is 20.2. The van der Waals surface area contributed by atoms with Crippen LogP contribution in [0.25, 0.3) is 65.0 Å². The van der Waals surface area contributed by atoms with Crippen LogP contribution < -0.4 is 0 Å². The lowest BCUT2D eigenvalue weighted by atomic mass is 9.90. The van der Waals surface area contributed by atoms with Gasteiger partial charge in [-0.2, -0.15) is 0 Å². The number of furan rings is 1. The third-order valence-electron chi connectivity index (χ3n) is 9.18. The summed E-state index contributed by atoms with van der Waals surface area (Å²) in [6, 6.07) is 32.0. The largest absolute Gasteiger partial charge is 0.456 e. The minimum Gasteiger partial charge on any atom is -0.456 e. The molecule has 0 aliphatic heterocycles. The molecule has 1 heteroatoms. The van der Waals surface area contributed by atoms with Gasteiger partial charge in [0.05, 0.1) is 0 Å². The minimum atomic E-state index is 1.03. The molecule has 0 aliphatic rings. The zero-order valence-corrected chi connectivity index (χ0v) is 24.6. The Labute approximate surface area is 243 Å². The molecule has 206 valence electrons. The van der Waals surface area contributed by atoms with Gasteiger partial charge in [-0.05, 0) is 116 Å². The molecule has 0 radical (unpaired) electrons. The fourth-order valence-corrected chi connectivity index (χ4v) is 7.00. The summed E-state index contributed by atoms with van der Waals surface area (Å²) in [4.78, 5) is 0. The summed E-state index contributed by atoms with van der Waals surface area (Å²) in [5.74, 6) is 0. The molecule has 1 nitrogen and oxygen atoms in total. The van der Waals surface area contributed by atoms with Gasteiger partial charge >= 0.3 is 0 Å². The van der Waals surface area contributed by atoms with Crippen LogP contribution in [0.5, 0.6) is 0 Å². The average molecular weight is 537 g/mol. The highest BCUT2D eigenvalue weighted by Crippen LogP contribution is 2.43. The number of benzene rings is 6. The maximum Gasteiger partial charge on any atom is 0.136 e. The first-order valence-corrected chi connectivity index (χ1v) is 15.9. The van der Waals surface area contributed by atoms with E-state index in [9.17, 15) is 0 Å². The minimum absolute atomic E-state index is 1.03. The van der Waals surface area contributed by atoms with Crippen molar-refractivity contribution in [3.8, 4) is 0 Å². The SMILES string of the molecule is CCCCCCc1cc2oc3cc(CCCCCC)c4cc5ccccc5cc4c3c2c2cc3ccccc3cc12. The molecule has 0 unspecified atom stereocenters. The van der Waals surface area contributed by atoms with Gasteiger partial charge in [-0.15, -0.1) is 0 Å². The zero-order chi connectivity index (χ0) is 27.8. The maximum atomic E-state index is 6.83. The summed E-state index contributed by atoms with van der Waals surface area (Å²) < 4.78 is 6.83. The maximum absolute atomic E-state index is 6.83. The van der Waals surface area contributed by atoms with Gasteiger partial charge in [0.2, 0.25) is 0 Å². The second-order valence-electron chi connectivity index (χ2n) is 12.0. The van der Waals surface area contributed by atoms with E-state index in [1.54, 1.807) is 0 Å². The van der Waals surface area contributed by atoms with Crippen LogP contribution in [0.2, 0.25) is 0 Å². The van der Waals surface area contributed by atoms with Crippen LogP contribution in [0, 0.1) is 0 Å². The lowest BCUT2D eigenvalue weighted by molar-refractivity contribution is 0.657. The van der Waals surface area contributed by atoms with Gasteiger partial charge in [-0.3, -0.25) is 0 Å². The summed E-state index contributed by atoms with van der Waals surface area (Å²) in [5.41, 5.74) is 4.91. The summed E-state index contributed by atoms with van der Waals surface area (Å²) >= 11 is 0. The van der Waals surface area contributed by atoms with Gasteiger partial charge in [0.15, 0.2) is 0 Å². The molecule has 0 atom stereocenters. The van der Waals surface area contributed by atoms with Crippen molar-refractivity contribution in [3.63, 3.8) is 0 Å². The summed E-state index contributed by atoms with van der Waals surface area (Å²) in [6.45, 7) is 4.57. The lowest BCUT2D eigenvalue weighted by Crippen LogP contribution is -1.91. The molecule has 0 saturated carbocycles. The van der Waals surface area contributed by atoms with E-state index in [-0.39, 0.29) is 0 Å². The molecule has 41 heavy (non-hydrogen) atoms. The van der Waals surface area contributed by atoms with Crippen molar-refractivity contribution in [2.75, 3.05) is 0 Å². The van der Waals surface area contributed by atoms with Crippen LogP contribution in [0.4, 0.5) is 0 Å². The number of aryl methyl sites for hydroxylation is 2. The molecule has 0 bridgehead atoms. The van der Waals surface area contributed by atoms with Crippen LogP contribution in [0.15, 0.2) is 89.3 Å². The van der Waals surface area contributed by atoms with Crippen molar-refractivity contribution in [3.05, 3.63) is 96.1 Å². The standard InChI is InChI=1S/C40H40O/c1-3-5-7-9-19-31-25-37-39(35-23-29-17-13-11-15-27(29)21-33(31)35)40-36-24-30-18-14-12-16-28(30)22-34(36)32(26-38(40)41-37)20-10-8-6-4-2/h11-18,21-26H,3-10,19-20H2,1-2H3. The Balaban J connectivity index is 1.54. The molecule has 6 aromatic carbocycles. The first kappa shape index (κ1) is 26.1. The molecular weight excluding hydrogens is 496 g/mol. The molecular formula is C40H40O. The van der Waals surface area contributed by atoms with Crippen LogP contribution in [0.1, 0.15) is 76.3 Å². The number of hydrogen-bond acceptors (Lipinski definition) is 1. The molecule has 0 aliphatic carbocycles. The monoisotopic (exact) mass is 536 g/mol. The van der Waals surface area contributed by atoms with Gasteiger partial charge in [-0.1, -0.05) is 101 Å². The van der Waals surface area contributed by atoms with E-state index < -0.39 is 0 Å². The van der Waals surface area contributed by atoms with Crippen LogP contribution in [-0.2, 0) is 12.8 Å². The molecule has 0 amide bonds. The van der Waals surface area contributed by atoms with Gasteiger partial charge in [0.25, 0.3) is 0 Å². The number of hydrogen-bond donors (Lipinski definition) is 0. The van der Waals surface area contributed by atoms with Gasteiger partial charge in [-0.25, -0.2) is 0 Å². The molecule has 0 N–H and O–H groups in total. The number of fused-ring (bicyclic) bond motifs is 9. The van der Waals surface area contributed by atoms with Crippen LogP contribution in [0.3, 0.4) is 0 Å². The van der Waals surface area contributed by atoms with Crippen LogP contribution >= 0.6 is 0 Å². The molecule has 0 saturated heterocycles. The predicted octanol–water partition coefficient (Wildman–Crippen LogP) is 12.4. The molecule has 7 aromatic rings. The van der Waals surface area contributed by atoms with Crippen molar-refractivity contribution in [1.82, 2.24) is 0 Å². The smallest absolute Gasteiger partial charge is 0.136 e. The zero-order valence-electron chi connectivity index (χ0n) is 24.6. The molecule has 1 aromatic heterocycles. The fraction of sp³-hybridized carbons (Fsp3) is 0.300. The van der Waals surface area contributed by atoms with E-state index in [0.717, 1.165) is 24.0 Å². The average Bonchev–Trinajstić information content (AvgIpc) is 3.38. The molecule has 1 heterocycles. The highest BCUT2D eigenvalue weighted by molar-refractivity contribution is 6.29. The van der Waals surface area contributed by atoms with E-state index in [1.807, 2.05) is 0 Å². The van der Waals surface area contributed by atoms with Gasteiger partial charge < -0.3 is 4.42 Å². The Hall–Kier alpha value is -3.84. The quantitative estimate of drug-likeness (QED) is 0.125. The van der Waals surface area contributed by atoms with Crippen LogP contribution in [-0.4, -0.2) is 0 Å². The molecule has 7 rings (SSSR count). The molecule has 0 fully saturated rings. The Morgan fingerprint density at radius 3 is 1.22 bits per heavy atom. The van der Waals surface area contributed by atoms with Crippen molar-refractivity contribution in [1.29, 1.82) is 0 Å². The van der Waals surface area contributed by atoms with Gasteiger partial charge in [0.1, 0.15) is 11.2 Å². The van der Waals surface area contributed by atoms with E-state index >= 15 is 0 Å². The van der Waals surface area contributed by atoms with E-state index in [4.69, 9.17) is 4.42 Å². The van der Waals surface area contributed by atoms with E-state index in [1.165, 1.54) is 116 Å². The third kappa shape index (κ3) is 4.76. The summed E-state index contributed by atoms with van der Waals surface area (Å²) in [7, 11) is 0. The topological polar surface area (TPSA) is 13.1 Å². The Kier molecular flexibility index (Phi) is 7.13.